The van der Waals surface area contributed by atoms with Crippen LogP contribution in [0.25, 0.3) is 0 Å². The lowest BCUT2D eigenvalue weighted by Crippen LogP contribution is -2.30. The second kappa shape index (κ2) is 5.57. The zero-order valence-corrected chi connectivity index (χ0v) is 8.09. The topological polar surface area (TPSA) is 18.5 Å². The van der Waals surface area contributed by atoms with Crippen LogP contribution in [0.15, 0.2) is 11.6 Å². The SMILES string of the molecule is CC(CC=CCl)C1OCCCO1. The first kappa shape index (κ1) is 10.0. The second-order valence-electron chi connectivity index (χ2n) is 3.04. The fraction of sp³-hybridized carbons (Fsp3) is 0.778. The summed E-state index contributed by atoms with van der Waals surface area (Å²) in [5.74, 6) is 0.389. The molecule has 1 aliphatic rings. The lowest BCUT2D eigenvalue weighted by molar-refractivity contribution is -0.201. The molecule has 0 radical (unpaired) electrons. The predicted octanol–water partition coefficient (Wildman–Crippen LogP) is 2.53. The fourth-order valence-electron chi connectivity index (χ4n) is 1.21. The van der Waals surface area contributed by atoms with Gasteiger partial charge in [0.2, 0.25) is 0 Å². The molecule has 2 nitrogen and oxygen atoms in total. The van der Waals surface area contributed by atoms with Crippen molar-refractivity contribution in [3.63, 3.8) is 0 Å². The third-order valence-corrected chi connectivity index (χ3v) is 2.09. The first-order valence-corrected chi connectivity index (χ1v) is 4.76. The Morgan fingerprint density at radius 3 is 2.75 bits per heavy atom. The molecule has 0 N–H and O–H groups in total. The molecule has 1 rings (SSSR count). The van der Waals surface area contributed by atoms with E-state index < -0.39 is 0 Å². The molecule has 1 fully saturated rings. The van der Waals surface area contributed by atoms with Gasteiger partial charge in [0, 0.05) is 11.5 Å². The van der Waals surface area contributed by atoms with Crippen LogP contribution in [-0.2, 0) is 9.47 Å². The summed E-state index contributed by atoms with van der Waals surface area (Å²) in [5, 5.41) is 0. The van der Waals surface area contributed by atoms with Gasteiger partial charge in [0.25, 0.3) is 0 Å². The molecule has 1 heterocycles. The standard InChI is InChI=1S/C9H15ClO2/c1-8(4-2-5-10)9-11-6-3-7-12-9/h2,5,8-9H,3-4,6-7H2,1H3. The third-order valence-electron chi connectivity index (χ3n) is 1.91. The minimum absolute atomic E-state index is 0.0355. The first-order valence-electron chi connectivity index (χ1n) is 4.33. The van der Waals surface area contributed by atoms with Crippen molar-refractivity contribution in [3.05, 3.63) is 11.6 Å². The van der Waals surface area contributed by atoms with E-state index in [0.717, 1.165) is 26.1 Å². The Balaban J connectivity index is 2.24. The van der Waals surface area contributed by atoms with E-state index in [1.54, 1.807) is 5.54 Å². The van der Waals surface area contributed by atoms with Crippen molar-refractivity contribution in [1.29, 1.82) is 0 Å². The Labute approximate surface area is 78.5 Å². The molecule has 0 spiro atoms. The van der Waals surface area contributed by atoms with Crippen LogP contribution in [0, 0.1) is 5.92 Å². The zero-order chi connectivity index (χ0) is 8.81. The van der Waals surface area contributed by atoms with Gasteiger partial charge >= 0.3 is 0 Å². The largest absolute Gasteiger partial charge is 0.352 e. The Morgan fingerprint density at radius 1 is 1.50 bits per heavy atom. The summed E-state index contributed by atoms with van der Waals surface area (Å²) in [5.41, 5.74) is 1.54. The number of hydrogen-bond acceptors (Lipinski definition) is 2. The smallest absolute Gasteiger partial charge is 0.160 e. The molecule has 1 atom stereocenters. The van der Waals surface area contributed by atoms with E-state index in [2.05, 4.69) is 6.92 Å². The minimum atomic E-state index is -0.0355. The van der Waals surface area contributed by atoms with Crippen LogP contribution < -0.4 is 0 Å². The van der Waals surface area contributed by atoms with E-state index in [1.807, 2.05) is 6.08 Å². The van der Waals surface area contributed by atoms with Crippen LogP contribution in [0.2, 0.25) is 0 Å². The summed E-state index contributed by atoms with van der Waals surface area (Å²) in [6, 6.07) is 0. The zero-order valence-electron chi connectivity index (χ0n) is 7.33. The maximum absolute atomic E-state index is 5.44. The number of rotatable bonds is 3. The highest BCUT2D eigenvalue weighted by molar-refractivity contribution is 6.25. The van der Waals surface area contributed by atoms with E-state index in [-0.39, 0.29) is 6.29 Å². The molecule has 0 aromatic heterocycles. The maximum atomic E-state index is 5.44. The molecular weight excluding hydrogens is 176 g/mol. The van der Waals surface area contributed by atoms with Gasteiger partial charge in [-0.2, -0.15) is 0 Å². The van der Waals surface area contributed by atoms with Crippen molar-refractivity contribution in [2.24, 2.45) is 5.92 Å². The molecule has 0 saturated carbocycles. The molecule has 0 amide bonds. The van der Waals surface area contributed by atoms with Gasteiger partial charge in [0.05, 0.1) is 13.2 Å². The van der Waals surface area contributed by atoms with Gasteiger partial charge in [-0.05, 0) is 12.8 Å². The maximum Gasteiger partial charge on any atom is 0.160 e. The molecule has 12 heavy (non-hydrogen) atoms. The summed E-state index contributed by atoms with van der Waals surface area (Å²) in [6.07, 6.45) is 3.81. The summed E-state index contributed by atoms with van der Waals surface area (Å²) < 4.78 is 10.9. The molecule has 0 aliphatic carbocycles. The highest BCUT2D eigenvalue weighted by Gasteiger charge is 2.20. The van der Waals surface area contributed by atoms with Crippen molar-refractivity contribution in [2.45, 2.75) is 26.1 Å². The van der Waals surface area contributed by atoms with E-state index in [4.69, 9.17) is 21.1 Å². The summed E-state index contributed by atoms with van der Waals surface area (Å²) >= 11 is 5.42. The minimum Gasteiger partial charge on any atom is -0.352 e. The number of hydrogen-bond donors (Lipinski definition) is 0. The third kappa shape index (κ3) is 3.13. The van der Waals surface area contributed by atoms with E-state index in [0.29, 0.717) is 5.92 Å². The van der Waals surface area contributed by atoms with Crippen LogP contribution in [0.3, 0.4) is 0 Å². The number of ether oxygens (including phenoxy) is 2. The number of allylic oxidation sites excluding steroid dienone is 1. The van der Waals surface area contributed by atoms with Gasteiger partial charge in [-0.15, -0.1) is 0 Å². The molecule has 1 unspecified atom stereocenters. The Kier molecular flexibility index (Phi) is 4.66. The molecule has 3 heteroatoms. The van der Waals surface area contributed by atoms with Crippen molar-refractivity contribution in [1.82, 2.24) is 0 Å². The van der Waals surface area contributed by atoms with Gasteiger partial charge in [0.1, 0.15) is 0 Å². The predicted molar refractivity (Wildman–Crippen MR) is 49.1 cm³/mol. The Bertz CT molecular complexity index is 141. The molecule has 1 aliphatic heterocycles. The second-order valence-corrected chi connectivity index (χ2v) is 3.29. The normalized spacial score (nSPS) is 23.2. The van der Waals surface area contributed by atoms with Gasteiger partial charge in [0.15, 0.2) is 6.29 Å². The lowest BCUT2D eigenvalue weighted by Gasteiger charge is -2.27. The van der Waals surface area contributed by atoms with E-state index >= 15 is 0 Å². The first-order chi connectivity index (χ1) is 5.84. The summed E-state index contributed by atoms with van der Waals surface area (Å²) in [4.78, 5) is 0. The molecule has 1 saturated heterocycles. The van der Waals surface area contributed by atoms with Gasteiger partial charge in [-0.25, -0.2) is 0 Å². The van der Waals surface area contributed by atoms with Crippen molar-refractivity contribution >= 4 is 11.6 Å². The van der Waals surface area contributed by atoms with Gasteiger partial charge in [-0.1, -0.05) is 24.6 Å². The fourth-order valence-corrected chi connectivity index (χ4v) is 1.31. The van der Waals surface area contributed by atoms with Gasteiger partial charge < -0.3 is 9.47 Å². The Morgan fingerprint density at radius 2 is 2.17 bits per heavy atom. The molecule has 0 aromatic carbocycles. The van der Waals surface area contributed by atoms with Crippen LogP contribution in [0.5, 0.6) is 0 Å². The summed E-state index contributed by atoms with van der Waals surface area (Å²) in [6.45, 7) is 3.74. The Hall–Kier alpha value is -0.0500. The van der Waals surface area contributed by atoms with Crippen molar-refractivity contribution < 1.29 is 9.47 Å². The van der Waals surface area contributed by atoms with Crippen LogP contribution in [0.1, 0.15) is 19.8 Å². The van der Waals surface area contributed by atoms with Gasteiger partial charge in [-0.3, -0.25) is 0 Å². The van der Waals surface area contributed by atoms with Crippen molar-refractivity contribution in [2.75, 3.05) is 13.2 Å². The molecule has 70 valence electrons. The lowest BCUT2D eigenvalue weighted by atomic mass is 10.1. The van der Waals surface area contributed by atoms with Crippen LogP contribution >= 0.6 is 11.6 Å². The van der Waals surface area contributed by atoms with Crippen LogP contribution in [-0.4, -0.2) is 19.5 Å². The quantitative estimate of drug-likeness (QED) is 0.681. The molecular formula is C9H15ClO2. The van der Waals surface area contributed by atoms with E-state index in [9.17, 15) is 0 Å². The monoisotopic (exact) mass is 190 g/mol. The highest BCUT2D eigenvalue weighted by atomic mass is 35.5. The average Bonchev–Trinajstić information content (AvgIpc) is 2.15. The molecule has 0 aromatic rings. The average molecular weight is 191 g/mol. The molecule has 0 bridgehead atoms. The summed E-state index contributed by atoms with van der Waals surface area (Å²) in [7, 11) is 0. The number of halogens is 1. The van der Waals surface area contributed by atoms with Crippen LogP contribution in [0.4, 0.5) is 0 Å². The highest BCUT2D eigenvalue weighted by Crippen LogP contribution is 2.17. The van der Waals surface area contributed by atoms with Crippen molar-refractivity contribution in [3.8, 4) is 0 Å². The van der Waals surface area contributed by atoms with E-state index in [1.165, 1.54) is 0 Å².